The Morgan fingerprint density at radius 1 is 1.15 bits per heavy atom. The number of fused-ring (bicyclic) bond motifs is 3. The molecule has 4 rings (SSSR count). The van der Waals surface area contributed by atoms with Crippen molar-refractivity contribution >= 4 is 0 Å². The molecule has 1 saturated heterocycles. The third-order valence-corrected chi connectivity index (χ3v) is 6.29. The Morgan fingerprint density at radius 3 is 2.59 bits per heavy atom. The van der Waals surface area contributed by atoms with Crippen molar-refractivity contribution in [3.05, 3.63) is 23.3 Å². The van der Waals surface area contributed by atoms with Gasteiger partial charge in [-0.15, -0.1) is 0 Å². The summed E-state index contributed by atoms with van der Waals surface area (Å²) in [6.45, 7) is 11.7. The maximum atomic E-state index is 6.26. The molecule has 0 amide bonds. The van der Waals surface area contributed by atoms with Gasteiger partial charge in [0.15, 0.2) is 11.5 Å². The number of piperidine rings is 1. The normalized spacial score (nSPS) is 26.9. The molecule has 2 fully saturated rings. The summed E-state index contributed by atoms with van der Waals surface area (Å²) in [6, 6.07) is 4.97. The summed E-state index contributed by atoms with van der Waals surface area (Å²) in [6.07, 6.45) is 6.23. The van der Waals surface area contributed by atoms with Gasteiger partial charge in [-0.3, -0.25) is 4.90 Å². The summed E-state index contributed by atoms with van der Waals surface area (Å²) in [5, 5.41) is 0. The minimum atomic E-state index is -0.0706. The fraction of sp³-hybridized carbons (Fsp3) is 0.739. The zero-order valence-electron chi connectivity index (χ0n) is 17.6. The minimum absolute atomic E-state index is 0.0706. The lowest BCUT2D eigenvalue weighted by Gasteiger charge is -2.44. The van der Waals surface area contributed by atoms with E-state index in [2.05, 4.69) is 44.7 Å². The summed E-state index contributed by atoms with van der Waals surface area (Å²) in [5.74, 6) is 1.80. The lowest BCUT2D eigenvalue weighted by Crippen LogP contribution is -2.47. The second kappa shape index (κ2) is 6.97. The van der Waals surface area contributed by atoms with E-state index in [1.165, 1.54) is 24.0 Å². The van der Waals surface area contributed by atoms with Gasteiger partial charge in [0.2, 0.25) is 0 Å². The van der Waals surface area contributed by atoms with E-state index in [4.69, 9.17) is 14.2 Å². The van der Waals surface area contributed by atoms with Crippen molar-refractivity contribution in [2.24, 2.45) is 5.41 Å². The van der Waals surface area contributed by atoms with Gasteiger partial charge in [-0.25, -0.2) is 0 Å². The van der Waals surface area contributed by atoms with Crippen LogP contribution in [0.3, 0.4) is 0 Å². The van der Waals surface area contributed by atoms with E-state index < -0.39 is 0 Å². The number of methoxy groups -OCH3 is 1. The lowest BCUT2D eigenvalue weighted by atomic mass is 9.85. The van der Waals surface area contributed by atoms with Crippen molar-refractivity contribution in [1.29, 1.82) is 0 Å². The van der Waals surface area contributed by atoms with Gasteiger partial charge in [-0.2, -0.15) is 0 Å². The number of benzene rings is 1. The van der Waals surface area contributed by atoms with Crippen molar-refractivity contribution in [2.45, 2.75) is 77.5 Å². The van der Waals surface area contributed by atoms with Crippen LogP contribution in [0.25, 0.3) is 0 Å². The second-order valence-corrected chi connectivity index (χ2v) is 9.99. The second-order valence-electron chi connectivity index (χ2n) is 9.99. The minimum Gasteiger partial charge on any atom is -0.493 e. The van der Waals surface area contributed by atoms with Crippen molar-refractivity contribution in [3.63, 3.8) is 0 Å². The molecule has 1 aromatic rings. The van der Waals surface area contributed by atoms with Crippen LogP contribution in [0.5, 0.6) is 11.5 Å². The standard InChI is InChI=1S/C23H35NO3/c1-22(2,3)27-17-6-7-19-18-13-20(25-5)21(26-15-23(4)9-10-23)12-16(18)8-11-24(19)14-17/h12-13,17,19H,6-11,14-15H2,1-5H3. The van der Waals surface area contributed by atoms with Crippen molar-refractivity contribution in [3.8, 4) is 11.5 Å². The Hall–Kier alpha value is -1.26. The van der Waals surface area contributed by atoms with E-state index in [1.807, 2.05) is 0 Å². The maximum Gasteiger partial charge on any atom is 0.161 e. The quantitative estimate of drug-likeness (QED) is 0.745. The largest absolute Gasteiger partial charge is 0.493 e. The number of hydrogen-bond acceptors (Lipinski definition) is 4. The molecule has 4 nitrogen and oxygen atoms in total. The molecule has 0 N–H and O–H groups in total. The maximum absolute atomic E-state index is 6.26. The fourth-order valence-corrected chi connectivity index (χ4v) is 4.49. The van der Waals surface area contributed by atoms with Crippen molar-refractivity contribution < 1.29 is 14.2 Å². The van der Waals surface area contributed by atoms with Crippen molar-refractivity contribution in [1.82, 2.24) is 4.90 Å². The van der Waals surface area contributed by atoms with Crippen LogP contribution in [0.4, 0.5) is 0 Å². The lowest BCUT2D eigenvalue weighted by molar-refractivity contribution is -0.0971. The number of nitrogens with zero attached hydrogens (tertiary/aromatic N) is 1. The van der Waals surface area contributed by atoms with Crippen LogP contribution in [0.15, 0.2) is 12.1 Å². The van der Waals surface area contributed by atoms with E-state index in [0.29, 0.717) is 17.6 Å². The Balaban J connectivity index is 1.50. The third-order valence-electron chi connectivity index (χ3n) is 6.29. The number of rotatable bonds is 5. The average Bonchev–Trinajstić information content (AvgIpc) is 3.35. The number of ether oxygens (including phenoxy) is 3. The monoisotopic (exact) mass is 373 g/mol. The van der Waals surface area contributed by atoms with E-state index in [-0.39, 0.29) is 5.60 Å². The van der Waals surface area contributed by atoms with Gasteiger partial charge in [0.05, 0.1) is 25.4 Å². The Bertz CT molecular complexity index is 690. The zero-order valence-corrected chi connectivity index (χ0v) is 17.6. The van der Waals surface area contributed by atoms with Gasteiger partial charge in [-0.05, 0) is 76.1 Å². The van der Waals surface area contributed by atoms with Crippen LogP contribution in [-0.4, -0.2) is 43.4 Å². The smallest absolute Gasteiger partial charge is 0.161 e. The van der Waals surface area contributed by atoms with E-state index >= 15 is 0 Å². The predicted octanol–water partition coefficient (Wildman–Crippen LogP) is 4.75. The van der Waals surface area contributed by atoms with Gasteiger partial charge in [0, 0.05) is 24.5 Å². The van der Waals surface area contributed by atoms with Gasteiger partial charge in [-0.1, -0.05) is 6.92 Å². The van der Waals surface area contributed by atoms with Gasteiger partial charge in [0.25, 0.3) is 0 Å². The first-order valence-electron chi connectivity index (χ1n) is 10.5. The molecule has 0 radical (unpaired) electrons. The zero-order chi connectivity index (χ0) is 19.2. The van der Waals surface area contributed by atoms with E-state index in [0.717, 1.165) is 50.5 Å². The molecule has 2 heterocycles. The molecule has 2 atom stereocenters. The van der Waals surface area contributed by atoms with Gasteiger partial charge < -0.3 is 14.2 Å². The average molecular weight is 374 g/mol. The van der Waals surface area contributed by atoms with Crippen LogP contribution in [-0.2, 0) is 11.2 Å². The first kappa shape index (κ1) is 19.1. The van der Waals surface area contributed by atoms with Gasteiger partial charge >= 0.3 is 0 Å². The van der Waals surface area contributed by atoms with Crippen LogP contribution in [0, 0.1) is 5.41 Å². The molecule has 3 aliphatic rings. The molecule has 0 bridgehead atoms. The molecular weight excluding hydrogens is 338 g/mol. The Morgan fingerprint density at radius 2 is 1.93 bits per heavy atom. The molecule has 150 valence electrons. The summed E-state index contributed by atoms with van der Waals surface area (Å²) in [4.78, 5) is 2.60. The van der Waals surface area contributed by atoms with Crippen LogP contribution >= 0.6 is 0 Å². The summed E-state index contributed by atoms with van der Waals surface area (Å²) in [5.41, 5.74) is 3.17. The highest BCUT2D eigenvalue weighted by Crippen LogP contribution is 2.47. The molecule has 4 heteroatoms. The molecule has 2 unspecified atom stereocenters. The Kier molecular flexibility index (Phi) is 4.92. The van der Waals surface area contributed by atoms with Gasteiger partial charge in [0.1, 0.15) is 0 Å². The molecule has 0 spiro atoms. The topological polar surface area (TPSA) is 30.9 Å². The summed E-state index contributed by atoms with van der Waals surface area (Å²) < 4.78 is 18.1. The van der Waals surface area contributed by atoms with Crippen molar-refractivity contribution in [2.75, 3.05) is 26.8 Å². The van der Waals surface area contributed by atoms with Crippen LogP contribution in [0.2, 0.25) is 0 Å². The highest BCUT2D eigenvalue weighted by atomic mass is 16.5. The number of hydrogen-bond donors (Lipinski definition) is 0. The SMILES string of the molecule is COc1cc2c(cc1OCC1(C)CC1)CCN1CC(OC(C)(C)C)CCC21. The molecule has 1 saturated carbocycles. The molecular formula is C23H35NO3. The predicted molar refractivity (Wildman–Crippen MR) is 108 cm³/mol. The molecule has 1 aliphatic carbocycles. The molecule has 1 aromatic carbocycles. The van der Waals surface area contributed by atoms with Crippen LogP contribution in [0.1, 0.15) is 70.5 Å². The third kappa shape index (κ3) is 4.27. The summed E-state index contributed by atoms with van der Waals surface area (Å²) in [7, 11) is 1.75. The Labute approximate surface area is 164 Å². The first-order chi connectivity index (χ1) is 12.8. The molecule has 2 aliphatic heterocycles. The van der Waals surface area contributed by atoms with E-state index in [1.54, 1.807) is 7.11 Å². The molecule has 27 heavy (non-hydrogen) atoms. The molecule has 0 aromatic heterocycles. The van der Waals surface area contributed by atoms with Crippen LogP contribution < -0.4 is 9.47 Å². The fourth-order valence-electron chi connectivity index (χ4n) is 4.49. The van der Waals surface area contributed by atoms with E-state index in [9.17, 15) is 0 Å². The summed E-state index contributed by atoms with van der Waals surface area (Å²) >= 11 is 0. The highest BCUT2D eigenvalue weighted by Gasteiger charge is 2.39. The first-order valence-corrected chi connectivity index (χ1v) is 10.5. The highest BCUT2D eigenvalue weighted by molar-refractivity contribution is 5.49.